The highest BCUT2D eigenvalue weighted by Crippen LogP contribution is 2.46. The Kier molecular flexibility index (Phi) is 4.22. The Morgan fingerprint density at radius 3 is 2.18 bits per heavy atom. The predicted molar refractivity (Wildman–Crippen MR) is 92.4 cm³/mol. The van der Waals surface area contributed by atoms with Gasteiger partial charge in [-0.25, -0.2) is 0 Å². The second-order valence-electron chi connectivity index (χ2n) is 5.41. The first-order chi connectivity index (χ1) is 10.7. The molecule has 1 unspecified atom stereocenters. The summed E-state index contributed by atoms with van der Waals surface area (Å²) in [4.78, 5) is 4.38. The van der Waals surface area contributed by atoms with Crippen LogP contribution >= 0.6 is 7.14 Å². The molecule has 1 heterocycles. The van der Waals surface area contributed by atoms with Crippen LogP contribution in [0.25, 0.3) is 0 Å². The number of aromatic nitrogens is 1. The van der Waals surface area contributed by atoms with Gasteiger partial charge < -0.3 is 4.57 Å². The molecule has 0 saturated carbocycles. The summed E-state index contributed by atoms with van der Waals surface area (Å²) in [7, 11) is -2.77. The summed E-state index contributed by atoms with van der Waals surface area (Å²) in [5, 5.41) is 0.856. The van der Waals surface area contributed by atoms with Crippen molar-refractivity contribution in [3.63, 3.8) is 0 Å². The highest BCUT2D eigenvalue weighted by atomic mass is 31.2. The number of rotatable bonds is 4. The van der Waals surface area contributed by atoms with Gasteiger partial charge in [-0.1, -0.05) is 66.2 Å². The van der Waals surface area contributed by atoms with E-state index < -0.39 is 7.14 Å². The largest absolute Gasteiger partial charge is 0.312 e. The molecule has 2 aromatic carbocycles. The van der Waals surface area contributed by atoms with Gasteiger partial charge in [0.05, 0.1) is 0 Å². The van der Waals surface area contributed by atoms with Crippen molar-refractivity contribution in [3.8, 4) is 0 Å². The quantitative estimate of drug-likeness (QED) is 0.684. The third-order valence-corrected chi connectivity index (χ3v) is 6.67. The van der Waals surface area contributed by atoms with Crippen LogP contribution < -0.4 is 10.7 Å². The molecule has 0 aliphatic carbocycles. The van der Waals surface area contributed by atoms with Crippen molar-refractivity contribution in [1.82, 2.24) is 4.98 Å². The maximum Gasteiger partial charge on any atom is 0.164 e. The van der Waals surface area contributed by atoms with Gasteiger partial charge in [-0.05, 0) is 24.6 Å². The molecule has 0 N–H and O–H groups in total. The summed E-state index contributed by atoms with van der Waals surface area (Å²) in [6.07, 6.45) is 2.20. The first kappa shape index (κ1) is 14.7. The molecule has 0 spiro atoms. The molecule has 1 atom stereocenters. The lowest BCUT2D eigenvalue weighted by Crippen LogP contribution is -2.20. The smallest absolute Gasteiger partial charge is 0.164 e. The molecule has 22 heavy (non-hydrogen) atoms. The van der Waals surface area contributed by atoms with Crippen molar-refractivity contribution >= 4 is 17.9 Å². The van der Waals surface area contributed by atoms with Crippen molar-refractivity contribution in [2.75, 3.05) is 0 Å². The van der Waals surface area contributed by atoms with Crippen LogP contribution in [0.4, 0.5) is 0 Å². The Labute approximate surface area is 131 Å². The fraction of sp³-hybridized carbons (Fsp3) is 0.105. The van der Waals surface area contributed by atoms with Crippen molar-refractivity contribution in [1.29, 1.82) is 0 Å². The highest BCUT2D eigenvalue weighted by Gasteiger charge is 2.28. The number of aryl methyl sites for hydroxylation is 1. The van der Waals surface area contributed by atoms with Crippen molar-refractivity contribution in [2.45, 2.75) is 13.1 Å². The maximum atomic E-state index is 13.8. The van der Waals surface area contributed by atoms with E-state index in [9.17, 15) is 4.57 Å². The lowest BCUT2D eigenvalue weighted by atomic mass is 10.2. The number of hydrogen-bond donors (Lipinski definition) is 0. The van der Waals surface area contributed by atoms with E-state index in [1.807, 2.05) is 60.7 Å². The highest BCUT2D eigenvalue weighted by molar-refractivity contribution is 7.77. The molecule has 3 rings (SSSR count). The van der Waals surface area contributed by atoms with Gasteiger partial charge in [-0.3, -0.25) is 4.98 Å². The van der Waals surface area contributed by atoms with Crippen molar-refractivity contribution in [2.24, 2.45) is 0 Å². The van der Waals surface area contributed by atoms with Crippen LogP contribution in [0.1, 0.15) is 11.1 Å². The summed E-state index contributed by atoms with van der Waals surface area (Å²) < 4.78 is 13.8. The number of pyridine rings is 1. The Morgan fingerprint density at radius 1 is 0.864 bits per heavy atom. The monoisotopic (exact) mass is 307 g/mol. The van der Waals surface area contributed by atoms with Crippen LogP contribution in [-0.2, 0) is 10.7 Å². The zero-order valence-electron chi connectivity index (χ0n) is 12.5. The first-order valence-electron chi connectivity index (χ1n) is 7.30. The zero-order valence-corrected chi connectivity index (χ0v) is 13.4. The summed E-state index contributed by atoms with van der Waals surface area (Å²) in [5.41, 5.74) is 2.95. The van der Waals surface area contributed by atoms with E-state index >= 15 is 0 Å². The van der Waals surface area contributed by atoms with E-state index in [1.54, 1.807) is 6.20 Å². The van der Waals surface area contributed by atoms with Gasteiger partial charge in [0.25, 0.3) is 0 Å². The maximum absolute atomic E-state index is 13.8. The van der Waals surface area contributed by atoms with Crippen LogP contribution in [0, 0.1) is 6.92 Å². The summed E-state index contributed by atoms with van der Waals surface area (Å²) in [6.45, 7) is 2.05. The fourth-order valence-corrected chi connectivity index (χ4v) is 5.06. The minimum atomic E-state index is -2.77. The van der Waals surface area contributed by atoms with E-state index in [0.29, 0.717) is 11.6 Å². The van der Waals surface area contributed by atoms with Crippen molar-refractivity contribution < 1.29 is 4.57 Å². The van der Waals surface area contributed by atoms with Crippen LogP contribution in [0.3, 0.4) is 0 Å². The Hall–Kier alpha value is -2.18. The molecular weight excluding hydrogens is 289 g/mol. The Bertz CT molecular complexity index is 739. The normalized spacial score (nSPS) is 13.5. The van der Waals surface area contributed by atoms with Crippen LogP contribution in [0.5, 0.6) is 0 Å². The van der Waals surface area contributed by atoms with Crippen molar-refractivity contribution in [3.05, 3.63) is 90.1 Å². The third kappa shape index (κ3) is 3.03. The molecule has 0 bridgehead atoms. The molecule has 0 radical (unpaired) electrons. The predicted octanol–water partition coefficient (Wildman–Crippen LogP) is 3.90. The minimum absolute atomic E-state index is 0.494. The van der Waals surface area contributed by atoms with Gasteiger partial charge >= 0.3 is 0 Å². The molecule has 0 aliphatic heterocycles. The topological polar surface area (TPSA) is 30.0 Å². The standard InChI is InChI=1S/C19H18NOP/c1-16-10-12-17(13-11-16)15-22(21,18-7-3-2-4-8-18)19-9-5-6-14-20-19/h2-14H,15H2,1H3. The van der Waals surface area contributed by atoms with Gasteiger partial charge in [0.15, 0.2) is 7.14 Å². The van der Waals surface area contributed by atoms with E-state index in [4.69, 9.17) is 0 Å². The second kappa shape index (κ2) is 6.29. The lowest BCUT2D eigenvalue weighted by molar-refractivity contribution is 0.586. The zero-order chi connectivity index (χ0) is 15.4. The third-order valence-electron chi connectivity index (χ3n) is 3.72. The van der Waals surface area contributed by atoms with E-state index in [2.05, 4.69) is 24.0 Å². The lowest BCUT2D eigenvalue weighted by Gasteiger charge is -2.18. The fourth-order valence-electron chi connectivity index (χ4n) is 2.49. The number of benzene rings is 2. The molecule has 0 saturated heterocycles. The number of hydrogen-bond acceptors (Lipinski definition) is 2. The van der Waals surface area contributed by atoms with E-state index in [0.717, 1.165) is 10.9 Å². The molecule has 1 aromatic heterocycles. The van der Waals surface area contributed by atoms with Gasteiger partial charge in [0.2, 0.25) is 0 Å². The Morgan fingerprint density at radius 2 is 1.55 bits per heavy atom. The summed E-state index contributed by atoms with van der Waals surface area (Å²) in [6, 6.07) is 23.5. The van der Waals surface area contributed by atoms with Gasteiger partial charge in [-0.15, -0.1) is 0 Å². The summed E-state index contributed by atoms with van der Waals surface area (Å²) >= 11 is 0. The molecule has 3 heteroatoms. The molecule has 0 amide bonds. The first-order valence-corrected chi connectivity index (χ1v) is 9.19. The molecule has 2 nitrogen and oxygen atoms in total. The average molecular weight is 307 g/mol. The van der Waals surface area contributed by atoms with Crippen LogP contribution in [-0.4, -0.2) is 4.98 Å². The average Bonchev–Trinajstić information content (AvgIpc) is 2.58. The van der Waals surface area contributed by atoms with E-state index in [1.165, 1.54) is 5.56 Å². The number of nitrogens with zero attached hydrogens (tertiary/aromatic N) is 1. The molecule has 0 fully saturated rings. The summed E-state index contributed by atoms with van der Waals surface area (Å²) in [5.74, 6) is 0. The van der Waals surface area contributed by atoms with Gasteiger partial charge in [-0.2, -0.15) is 0 Å². The minimum Gasteiger partial charge on any atom is -0.312 e. The van der Waals surface area contributed by atoms with Gasteiger partial charge in [0, 0.05) is 17.7 Å². The van der Waals surface area contributed by atoms with Crippen LogP contribution in [0.15, 0.2) is 79.0 Å². The van der Waals surface area contributed by atoms with E-state index in [-0.39, 0.29) is 0 Å². The molecule has 110 valence electrons. The van der Waals surface area contributed by atoms with Crippen LogP contribution in [0.2, 0.25) is 0 Å². The SMILES string of the molecule is Cc1ccc(CP(=O)(c2ccccc2)c2ccccn2)cc1. The molecule has 0 aliphatic rings. The molecule has 3 aromatic rings. The molecular formula is C19H18NOP. The Balaban J connectivity index is 2.08. The van der Waals surface area contributed by atoms with Gasteiger partial charge in [0.1, 0.15) is 5.44 Å². The second-order valence-corrected chi connectivity index (χ2v) is 8.18.